The molecule has 1 atom stereocenters. The van der Waals surface area contributed by atoms with Crippen molar-refractivity contribution >= 4 is 11.8 Å². The van der Waals surface area contributed by atoms with Crippen molar-refractivity contribution in [2.24, 2.45) is 5.92 Å². The number of carbonyl (C=O) groups excluding carboxylic acids is 2. The number of amides is 2. The minimum Gasteiger partial charge on any atom is -0.354 e. The molecule has 1 aromatic carbocycles. The maximum Gasteiger partial charge on any atom is 0.239 e. The van der Waals surface area contributed by atoms with Crippen LogP contribution in [0.3, 0.4) is 0 Å². The maximum atomic E-state index is 12.0. The highest BCUT2D eigenvalue weighted by Gasteiger charge is 2.25. The maximum absolute atomic E-state index is 12.0. The van der Waals surface area contributed by atoms with Crippen molar-refractivity contribution in [2.75, 3.05) is 32.7 Å². The van der Waals surface area contributed by atoms with Crippen molar-refractivity contribution in [1.82, 2.24) is 15.1 Å². The molecule has 2 fully saturated rings. The monoisotopic (exact) mass is 329 g/mol. The summed E-state index contributed by atoms with van der Waals surface area (Å²) < 4.78 is 0. The molecule has 2 heterocycles. The zero-order valence-corrected chi connectivity index (χ0v) is 14.5. The van der Waals surface area contributed by atoms with Gasteiger partial charge in [-0.15, -0.1) is 0 Å². The lowest BCUT2D eigenvalue weighted by Crippen LogP contribution is -2.40. The molecule has 2 amide bonds. The predicted octanol–water partition coefficient (Wildman–Crippen LogP) is 1.56. The summed E-state index contributed by atoms with van der Waals surface area (Å²) in [5.41, 5.74) is 2.72. The van der Waals surface area contributed by atoms with Gasteiger partial charge in [0.2, 0.25) is 11.8 Å². The highest BCUT2D eigenvalue weighted by Crippen LogP contribution is 2.19. The van der Waals surface area contributed by atoms with Crippen molar-refractivity contribution in [3.05, 3.63) is 35.4 Å². The van der Waals surface area contributed by atoms with Gasteiger partial charge < -0.3 is 10.2 Å². The van der Waals surface area contributed by atoms with Crippen LogP contribution in [0, 0.1) is 12.8 Å². The smallest absolute Gasteiger partial charge is 0.239 e. The summed E-state index contributed by atoms with van der Waals surface area (Å²) in [6.45, 7) is 6.91. The minimum absolute atomic E-state index is 0.0254. The molecule has 0 bridgehead atoms. The second kappa shape index (κ2) is 7.79. The second-order valence-corrected chi connectivity index (χ2v) is 7.04. The molecule has 0 aliphatic carbocycles. The zero-order chi connectivity index (χ0) is 16.9. The highest BCUT2D eigenvalue weighted by molar-refractivity contribution is 5.85. The van der Waals surface area contributed by atoms with E-state index in [2.05, 4.69) is 41.4 Å². The quantitative estimate of drug-likeness (QED) is 0.862. The van der Waals surface area contributed by atoms with Crippen molar-refractivity contribution < 1.29 is 9.59 Å². The molecule has 24 heavy (non-hydrogen) atoms. The predicted molar refractivity (Wildman–Crippen MR) is 93.4 cm³/mol. The summed E-state index contributed by atoms with van der Waals surface area (Å²) in [4.78, 5) is 27.7. The third-order valence-corrected chi connectivity index (χ3v) is 5.12. The Balaban J connectivity index is 1.39. The molecule has 1 unspecified atom stereocenters. The van der Waals surface area contributed by atoms with Crippen molar-refractivity contribution in [2.45, 2.75) is 32.7 Å². The van der Waals surface area contributed by atoms with Gasteiger partial charge in [-0.2, -0.15) is 0 Å². The summed E-state index contributed by atoms with van der Waals surface area (Å²) in [7, 11) is 0. The number of aryl methyl sites for hydroxylation is 1. The minimum atomic E-state index is -0.0254. The lowest BCUT2D eigenvalue weighted by atomic mass is 10.1. The van der Waals surface area contributed by atoms with Crippen LogP contribution in [0.5, 0.6) is 0 Å². The van der Waals surface area contributed by atoms with E-state index in [4.69, 9.17) is 0 Å². The first-order valence-electron chi connectivity index (χ1n) is 8.93. The number of carbonyl (C=O) groups is 2. The van der Waals surface area contributed by atoms with Gasteiger partial charge in [0.1, 0.15) is 0 Å². The molecule has 1 aromatic rings. The van der Waals surface area contributed by atoms with Crippen LogP contribution in [0.4, 0.5) is 0 Å². The zero-order valence-electron chi connectivity index (χ0n) is 14.5. The molecule has 5 heteroatoms. The average molecular weight is 329 g/mol. The number of benzene rings is 1. The summed E-state index contributed by atoms with van der Waals surface area (Å²) >= 11 is 0. The van der Waals surface area contributed by atoms with E-state index in [0.29, 0.717) is 18.9 Å². The lowest BCUT2D eigenvalue weighted by molar-refractivity contribution is -0.133. The van der Waals surface area contributed by atoms with Crippen LogP contribution in [-0.2, 0) is 16.1 Å². The molecule has 2 aliphatic heterocycles. The summed E-state index contributed by atoms with van der Waals surface area (Å²) in [6.07, 6.45) is 2.58. The Hall–Kier alpha value is -1.88. The van der Waals surface area contributed by atoms with Crippen molar-refractivity contribution in [3.8, 4) is 0 Å². The van der Waals surface area contributed by atoms with Gasteiger partial charge in [0.15, 0.2) is 0 Å². The Morgan fingerprint density at radius 1 is 1.29 bits per heavy atom. The summed E-state index contributed by atoms with van der Waals surface area (Å²) in [5.74, 6) is 0.588. The summed E-state index contributed by atoms with van der Waals surface area (Å²) in [5, 5.41) is 3.01. The molecule has 1 N–H and O–H groups in total. The van der Waals surface area contributed by atoms with E-state index < -0.39 is 0 Å². The molecular formula is C19H27N3O2. The molecule has 0 saturated carbocycles. The first-order chi connectivity index (χ1) is 11.6. The molecule has 0 spiro atoms. The fraction of sp³-hybridized carbons (Fsp3) is 0.579. The molecule has 0 aromatic heterocycles. The van der Waals surface area contributed by atoms with Crippen LogP contribution in [0.25, 0.3) is 0 Å². The first-order valence-corrected chi connectivity index (χ1v) is 8.93. The van der Waals surface area contributed by atoms with E-state index in [0.717, 1.165) is 39.0 Å². The topological polar surface area (TPSA) is 52.7 Å². The molecule has 2 saturated heterocycles. The highest BCUT2D eigenvalue weighted by atomic mass is 16.2. The Labute approximate surface area is 144 Å². The molecule has 2 aliphatic rings. The number of nitrogens with zero attached hydrogens (tertiary/aromatic N) is 2. The number of hydrogen-bond donors (Lipinski definition) is 1. The normalized spacial score (nSPS) is 21.5. The van der Waals surface area contributed by atoms with Gasteiger partial charge >= 0.3 is 0 Å². The lowest BCUT2D eigenvalue weighted by Gasteiger charge is -2.18. The largest absolute Gasteiger partial charge is 0.354 e. The van der Waals surface area contributed by atoms with Crippen LogP contribution in [0.2, 0.25) is 0 Å². The third kappa shape index (κ3) is 4.35. The molecular weight excluding hydrogens is 302 g/mol. The molecule has 130 valence electrons. The Kier molecular flexibility index (Phi) is 5.51. The van der Waals surface area contributed by atoms with E-state index in [1.165, 1.54) is 11.1 Å². The van der Waals surface area contributed by atoms with Gasteiger partial charge in [0.25, 0.3) is 0 Å². The fourth-order valence-corrected chi connectivity index (χ4v) is 3.61. The molecule has 0 radical (unpaired) electrons. The van der Waals surface area contributed by atoms with Crippen LogP contribution in [0.15, 0.2) is 24.3 Å². The number of rotatable bonds is 6. The standard InChI is InChI=1S/C19H27N3O2/c1-15-5-2-3-6-17(15)13-21-10-8-16(12-21)11-20-18(23)14-22-9-4-7-19(22)24/h2-3,5-6,16H,4,7-14H2,1H3,(H,20,23). The van der Waals surface area contributed by atoms with Gasteiger partial charge in [-0.05, 0) is 43.4 Å². The fourth-order valence-electron chi connectivity index (χ4n) is 3.61. The molecule has 3 rings (SSSR count). The third-order valence-electron chi connectivity index (χ3n) is 5.12. The number of likely N-dealkylation sites (tertiary alicyclic amines) is 2. The van der Waals surface area contributed by atoms with E-state index in [-0.39, 0.29) is 18.4 Å². The van der Waals surface area contributed by atoms with E-state index >= 15 is 0 Å². The van der Waals surface area contributed by atoms with Crippen LogP contribution < -0.4 is 5.32 Å². The first kappa shape index (κ1) is 17.0. The van der Waals surface area contributed by atoms with Crippen LogP contribution >= 0.6 is 0 Å². The van der Waals surface area contributed by atoms with Gasteiger partial charge in [0.05, 0.1) is 6.54 Å². The van der Waals surface area contributed by atoms with E-state index in [9.17, 15) is 9.59 Å². The van der Waals surface area contributed by atoms with E-state index in [1.807, 2.05) is 0 Å². The second-order valence-electron chi connectivity index (χ2n) is 7.04. The Morgan fingerprint density at radius 3 is 2.88 bits per heavy atom. The van der Waals surface area contributed by atoms with Gasteiger partial charge in [0, 0.05) is 32.6 Å². The average Bonchev–Trinajstić information content (AvgIpc) is 3.17. The van der Waals surface area contributed by atoms with Gasteiger partial charge in [-0.3, -0.25) is 14.5 Å². The van der Waals surface area contributed by atoms with Gasteiger partial charge in [-0.25, -0.2) is 0 Å². The number of hydrogen-bond acceptors (Lipinski definition) is 3. The SMILES string of the molecule is Cc1ccccc1CN1CCC(CNC(=O)CN2CCCC2=O)C1. The number of nitrogens with one attached hydrogen (secondary N) is 1. The van der Waals surface area contributed by atoms with E-state index in [1.54, 1.807) is 4.90 Å². The van der Waals surface area contributed by atoms with Gasteiger partial charge in [-0.1, -0.05) is 24.3 Å². The Morgan fingerprint density at radius 2 is 2.12 bits per heavy atom. The molecule has 5 nitrogen and oxygen atoms in total. The van der Waals surface area contributed by atoms with Crippen molar-refractivity contribution in [3.63, 3.8) is 0 Å². The van der Waals surface area contributed by atoms with Crippen LogP contribution in [-0.4, -0.2) is 54.3 Å². The van der Waals surface area contributed by atoms with Crippen LogP contribution in [0.1, 0.15) is 30.4 Å². The summed E-state index contributed by atoms with van der Waals surface area (Å²) in [6, 6.07) is 8.52. The van der Waals surface area contributed by atoms with Crippen molar-refractivity contribution in [1.29, 1.82) is 0 Å². The Bertz CT molecular complexity index is 602.